The number of nitrogens with zero attached hydrogens (tertiary/aromatic N) is 5. The Morgan fingerprint density at radius 3 is 1.33 bits per heavy atom. The van der Waals surface area contributed by atoms with Crippen molar-refractivity contribution in [3.63, 3.8) is 0 Å². The third-order valence-electron chi connectivity index (χ3n) is 10.7. The van der Waals surface area contributed by atoms with Crippen LogP contribution in [0.25, 0.3) is 111 Å². The molecule has 0 atom stereocenters. The monoisotopic (exact) mass is 665 g/mol. The van der Waals surface area contributed by atoms with E-state index in [1.807, 2.05) is 18.2 Å². The molecule has 5 aromatic heterocycles. The van der Waals surface area contributed by atoms with Crippen molar-refractivity contribution in [2.75, 3.05) is 0 Å². The van der Waals surface area contributed by atoms with Gasteiger partial charge in [-0.15, -0.1) is 0 Å². The summed E-state index contributed by atoms with van der Waals surface area (Å²) in [6, 6.07) is 53.0. The highest BCUT2D eigenvalue weighted by Gasteiger charge is 2.24. The number of rotatable bonds is 3. The molecule has 0 saturated carbocycles. The summed E-state index contributed by atoms with van der Waals surface area (Å²) in [5.74, 6) is 1.72. The fourth-order valence-electron chi connectivity index (χ4n) is 8.45. The Kier molecular flexibility index (Phi) is 5.38. The number of aromatic amines is 2. The molecule has 0 saturated heterocycles. The molecule has 0 spiro atoms. The summed E-state index contributed by atoms with van der Waals surface area (Å²) >= 11 is 0. The summed E-state index contributed by atoms with van der Waals surface area (Å²) in [5, 5.41) is 9.32. The lowest BCUT2D eigenvalue weighted by Crippen LogP contribution is -2.10. The highest BCUT2D eigenvalue weighted by molar-refractivity contribution is 6.32. The molecule has 7 aromatic carbocycles. The van der Waals surface area contributed by atoms with Crippen LogP contribution in [0.2, 0.25) is 0 Å². The Labute approximate surface area is 295 Å². The average molecular weight is 666 g/mol. The Morgan fingerprint density at radius 2 is 0.788 bits per heavy atom. The highest BCUT2D eigenvalue weighted by atomic mass is 15.3. The van der Waals surface area contributed by atoms with E-state index in [0.717, 1.165) is 71.2 Å². The van der Waals surface area contributed by atoms with Gasteiger partial charge >= 0.3 is 0 Å². The van der Waals surface area contributed by atoms with E-state index < -0.39 is 0 Å². The van der Waals surface area contributed by atoms with Crippen molar-refractivity contribution in [2.24, 2.45) is 0 Å². The fourth-order valence-corrected chi connectivity index (χ4v) is 8.45. The first kappa shape index (κ1) is 27.6. The largest absolute Gasteiger partial charge is 0.354 e. The Hall–Kier alpha value is -7.25. The lowest BCUT2D eigenvalue weighted by atomic mass is 10.1. The van der Waals surface area contributed by atoms with E-state index in [4.69, 9.17) is 15.0 Å². The van der Waals surface area contributed by atoms with E-state index in [0.29, 0.717) is 17.7 Å². The number of benzene rings is 7. The van der Waals surface area contributed by atoms with E-state index in [9.17, 15) is 0 Å². The van der Waals surface area contributed by atoms with Gasteiger partial charge in [-0.1, -0.05) is 115 Å². The van der Waals surface area contributed by atoms with E-state index in [1.54, 1.807) is 0 Å². The normalized spacial score (nSPS) is 12.2. The van der Waals surface area contributed by atoms with Crippen LogP contribution in [0.15, 0.2) is 152 Å². The van der Waals surface area contributed by atoms with Gasteiger partial charge in [-0.25, -0.2) is 0 Å². The molecule has 0 radical (unpaired) electrons. The van der Waals surface area contributed by atoms with Gasteiger partial charge in [-0.3, -0.25) is 9.13 Å². The van der Waals surface area contributed by atoms with Crippen molar-refractivity contribution >= 4 is 87.2 Å². The van der Waals surface area contributed by atoms with Gasteiger partial charge in [0.1, 0.15) is 0 Å². The molecular weight excluding hydrogens is 639 g/mol. The number of fused-ring (bicyclic) bond motifs is 14. The minimum Gasteiger partial charge on any atom is -0.354 e. The van der Waals surface area contributed by atoms with Crippen molar-refractivity contribution in [1.82, 2.24) is 34.1 Å². The number of aromatic nitrogens is 7. The van der Waals surface area contributed by atoms with Gasteiger partial charge in [0.05, 0.1) is 33.1 Å². The number of nitrogens with one attached hydrogen (secondary N) is 2. The first-order chi connectivity index (χ1) is 25.8. The minimum absolute atomic E-state index is 0.552. The van der Waals surface area contributed by atoms with Crippen LogP contribution in [-0.2, 0) is 0 Å². The molecule has 0 aliphatic carbocycles. The zero-order chi connectivity index (χ0) is 33.9. The second-order valence-corrected chi connectivity index (χ2v) is 13.4. The maximum Gasteiger partial charge on any atom is 0.240 e. The van der Waals surface area contributed by atoms with Gasteiger partial charge in [0.2, 0.25) is 11.9 Å². The van der Waals surface area contributed by atoms with E-state index >= 15 is 0 Å². The molecule has 52 heavy (non-hydrogen) atoms. The van der Waals surface area contributed by atoms with Gasteiger partial charge < -0.3 is 9.97 Å². The maximum atomic E-state index is 5.37. The van der Waals surface area contributed by atoms with Crippen LogP contribution in [0.3, 0.4) is 0 Å². The standard InChI is InChI=1S/C45H27N7/c1-2-12-26(13-3-1)43-48-44(51-35-20-10-6-16-29(35)30-17-7-11-21-36(30)51)50-45(49-43)52-37-24-22-31-27-14-4-8-18-33(27)46-41(31)39(37)40-38(52)25-23-32-28-15-5-9-19-34(28)47-42(32)40/h1-25,46-47H. The number of hydrogen-bond donors (Lipinski definition) is 2. The SMILES string of the molecule is c1ccc(-c2nc(-n3c4ccccc4c4ccccc43)nc(-n3c4ccc5c6ccccc6[nH]c5c4c4c5[nH]c6ccccc6c5ccc43)n2)cc1. The van der Waals surface area contributed by atoms with Crippen LogP contribution < -0.4 is 0 Å². The zero-order valence-electron chi connectivity index (χ0n) is 27.7. The summed E-state index contributed by atoms with van der Waals surface area (Å²) in [6.07, 6.45) is 0. The van der Waals surface area contributed by atoms with Crippen LogP contribution in [0.1, 0.15) is 0 Å². The van der Waals surface area contributed by atoms with Gasteiger partial charge in [0.15, 0.2) is 5.82 Å². The topological polar surface area (TPSA) is 80.1 Å². The highest BCUT2D eigenvalue weighted by Crippen LogP contribution is 2.43. The second kappa shape index (κ2) is 10.2. The van der Waals surface area contributed by atoms with E-state index in [2.05, 4.69) is 153 Å². The molecule has 12 rings (SSSR count). The maximum absolute atomic E-state index is 5.37. The molecule has 7 heteroatoms. The first-order valence-corrected chi connectivity index (χ1v) is 17.5. The Balaban J connectivity index is 1.26. The van der Waals surface area contributed by atoms with Gasteiger partial charge in [0, 0.05) is 59.7 Å². The first-order valence-electron chi connectivity index (χ1n) is 17.5. The predicted molar refractivity (Wildman–Crippen MR) is 213 cm³/mol. The molecule has 7 nitrogen and oxygen atoms in total. The van der Waals surface area contributed by atoms with Gasteiger partial charge in [-0.05, 0) is 36.4 Å². The molecule has 0 bridgehead atoms. The molecule has 0 fully saturated rings. The van der Waals surface area contributed by atoms with Crippen LogP contribution >= 0.6 is 0 Å². The lowest BCUT2D eigenvalue weighted by Gasteiger charge is -2.12. The van der Waals surface area contributed by atoms with Crippen LogP contribution in [0.5, 0.6) is 0 Å². The van der Waals surface area contributed by atoms with Gasteiger partial charge in [0.25, 0.3) is 0 Å². The fraction of sp³-hybridized carbons (Fsp3) is 0. The molecular formula is C45H27N7. The van der Waals surface area contributed by atoms with Crippen molar-refractivity contribution in [3.8, 4) is 23.3 Å². The molecule has 0 unspecified atom stereocenters. The number of para-hydroxylation sites is 4. The summed E-state index contributed by atoms with van der Waals surface area (Å²) < 4.78 is 4.38. The van der Waals surface area contributed by atoms with Crippen molar-refractivity contribution in [1.29, 1.82) is 0 Å². The van der Waals surface area contributed by atoms with E-state index in [1.165, 1.54) is 21.5 Å². The summed E-state index contributed by atoms with van der Waals surface area (Å²) in [7, 11) is 0. The Morgan fingerprint density at radius 1 is 0.346 bits per heavy atom. The minimum atomic E-state index is 0.552. The average Bonchev–Trinajstić information content (AvgIpc) is 3.95. The van der Waals surface area contributed by atoms with Crippen LogP contribution in [0.4, 0.5) is 0 Å². The smallest absolute Gasteiger partial charge is 0.240 e. The number of hydrogen-bond acceptors (Lipinski definition) is 3. The molecule has 0 aliphatic rings. The third-order valence-corrected chi connectivity index (χ3v) is 10.7. The zero-order valence-corrected chi connectivity index (χ0v) is 27.7. The molecule has 2 N–H and O–H groups in total. The molecule has 0 aliphatic heterocycles. The quantitative estimate of drug-likeness (QED) is 0.197. The molecule has 0 amide bonds. The second-order valence-electron chi connectivity index (χ2n) is 13.4. The third kappa shape index (κ3) is 3.66. The van der Waals surface area contributed by atoms with E-state index in [-0.39, 0.29) is 0 Å². The molecule has 12 aromatic rings. The van der Waals surface area contributed by atoms with Crippen LogP contribution in [0, 0.1) is 0 Å². The summed E-state index contributed by atoms with van der Waals surface area (Å²) in [4.78, 5) is 23.4. The number of H-pyrrole nitrogens is 2. The predicted octanol–water partition coefficient (Wildman–Crippen LogP) is 11.0. The van der Waals surface area contributed by atoms with Crippen molar-refractivity contribution in [3.05, 3.63) is 152 Å². The van der Waals surface area contributed by atoms with Crippen molar-refractivity contribution in [2.45, 2.75) is 0 Å². The van der Waals surface area contributed by atoms with Crippen LogP contribution in [-0.4, -0.2) is 34.1 Å². The molecule has 5 heterocycles. The van der Waals surface area contributed by atoms with Gasteiger partial charge in [-0.2, -0.15) is 15.0 Å². The molecule has 242 valence electrons. The lowest BCUT2D eigenvalue weighted by molar-refractivity contribution is 0.893. The summed E-state index contributed by atoms with van der Waals surface area (Å²) in [5.41, 5.74) is 9.43. The summed E-state index contributed by atoms with van der Waals surface area (Å²) in [6.45, 7) is 0. The Bertz CT molecular complexity index is 3230. The van der Waals surface area contributed by atoms with Crippen molar-refractivity contribution < 1.29 is 0 Å².